The first-order valence-corrected chi connectivity index (χ1v) is 6.21. The molecule has 2 N–H and O–H groups in total. The van der Waals surface area contributed by atoms with Gasteiger partial charge in [0.05, 0.1) is 10.6 Å². The van der Waals surface area contributed by atoms with Crippen molar-refractivity contribution in [3.63, 3.8) is 0 Å². The minimum Gasteiger partial charge on any atom is -0.459 e. The highest BCUT2D eigenvalue weighted by molar-refractivity contribution is 6.33. The molecular weight excluding hydrogens is 254 g/mol. The maximum Gasteiger partial charge on any atom is 0.339 e. The third kappa shape index (κ3) is 5.04. The fraction of sp³-hybridized carbons (Fsp3) is 0.462. The average Bonchev–Trinajstić information content (AvgIpc) is 2.34. The van der Waals surface area contributed by atoms with E-state index in [-0.39, 0.29) is 12.6 Å². The molecular formula is C13H18ClNO3. The molecule has 100 valence electrons. The Morgan fingerprint density at radius 3 is 2.72 bits per heavy atom. The predicted octanol–water partition coefficient (Wildman–Crippen LogP) is 1.86. The first-order valence-electron chi connectivity index (χ1n) is 5.83. The maximum absolute atomic E-state index is 11.7. The van der Waals surface area contributed by atoms with Crippen LogP contribution in [0.4, 0.5) is 0 Å². The predicted molar refractivity (Wildman–Crippen MR) is 70.9 cm³/mol. The Morgan fingerprint density at radius 2 is 2.11 bits per heavy atom. The molecule has 0 saturated heterocycles. The molecule has 1 aromatic rings. The standard InChI is InChI=1S/C13H18ClNO3/c1-9(2)15-7-10(16)8-18-13(17)11-5-3-4-6-12(11)14/h3-6,9-10,15-16H,7-8H2,1-2H3/t10-/m0/s1. The lowest BCUT2D eigenvalue weighted by atomic mass is 10.2. The van der Waals surface area contributed by atoms with E-state index in [4.69, 9.17) is 16.3 Å². The van der Waals surface area contributed by atoms with E-state index in [0.717, 1.165) is 0 Å². The molecule has 0 radical (unpaired) electrons. The number of halogens is 1. The second kappa shape index (κ2) is 7.36. The van der Waals surface area contributed by atoms with Gasteiger partial charge in [0, 0.05) is 12.6 Å². The number of benzene rings is 1. The van der Waals surface area contributed by atoms with E-state index >= 15 is 0 Å². The van der Waals surface area contributed by atoms with Crippen LogP contribution in [0.5, 0.6) is 0 Å². The van der Waals surface area contributed by atoms with Crippen molar-refractivity contribution in [3.8, 4) is 0 Å². The fourth-order valence-electron chi connectivity index (χ4n) is 1.31. The van der Waals surface area contributed by atoms with E-state index in [2.05, 4.69) is 5.32 Å². The molecule has 0 aromatic heterocycles. The van der Waals surface area contributed by atoms with Gasteiger partial charge >= 0.3 is 5.97 Å². The molecule has 1 rings (SSSR count). The lowest BCUT2D eigenvalue weighted by Crippen LogP contribution is -2.35. The molecule has 0 aliphatic rings. The zero-order chi connectivity index (χ0) is 13.5. The summed E-state index contributed by atoms with van der Waals surface area (Å²) in [5.41, 5.74) is 0.309. The zero-order valence-electron chi connectivity index (χ0n) is 10.5. The summed E-state index contributed by atoms with van der Waals surface area (Å²) >= 11 is 5.86. The highest BCUT2D eigenvalue weighted by atomic mass is 35.5. The Labute approximate surface area is 112 Å². The first-order chi connectivity index (χ1) is 8.50. The van der Waals surface area contributed by atoms with E-state index < -0.39 is 12.1 Å². The number of hydrogen-bond acceptors (Lipinski definition) is 4. The molecule has 1 aromatic carbocycles. The topological polar surface area (TPSA) is 58.6 Å². The summed E-state index contributed by atoms with van der Waals surface area (Å²) in [6, 6.07) is 6.93. The van der Waals surface area contributed by atoms with Crippen molar-refractivity contribution in [2.45, 2.75) is 26.0 Å². The molecule has 1 atom stereocenters. The molecule has 0 aliphatic carbocycles. The van der Waals surface area contributed by atoms with Crippen molar-refractivity contribution in [2.75, 3.05) is 13.2 Å². The van der Waals surface area contributed by atoms with Crippen molar-refractivity contribution in [1.82, 2.24) is 5.32 Å². The Bertz CT molecular complexity index is 396. The van der Waals surface area contributed by atoms with Crippen LogP contribution in [0.3, 0.4) is 0 Å². The first kappa shape index (κ1) is 15.0. The van der Waals surface area contributed by atoms with Gasteiger partial charge in [-0.1, -0.05) is 37.6 Å². The third-order valence-electron chi connectivity index (χ3n) is 2.26. The molecule has 18 heavy (non-hydrogen) atoms. The molecule has 0 aliphatic heterocycles. The van der Waals surface area contributed by atoms with Gasteiger partial charge in [0.25, 0.3) is 0 Å². The number of carbonyl (C=O) groups excluding carboxylic acids is 1. The van der Waals surface area contributed by atoms with Crippen LogP contribution in [0.25, 0.3) is 0 Å². The summed E-state index contributed by atoms with van der Waals surface area (Å²) in [6.45, 7) is 4.28. The van der Waals surface area contributed by atoms with Crippen LogP contribution in [0.1, 0.15) is 24.2 Å². The SMILES string of the molecule is CC(C)NC[C@H](O)COC(=O)c1ccccc1Cl. The molecule has 0 spiro atoms. The Balaban J connectivity index is 2.40. The van der Waals surface area contributed by atoms with Gasteiger partial charge in [0.15, 0.2) is 0 Å². The van der Waals surface area contributed by atoms with Crippen molar-refractivity contribution in [3.05, 3.63) is 34.9 Å². The van der Waals surface area contributed by atoms with Gasteiger partial charge in [-0.15, -0.1) is 0 Å². The highest BCUT2D eigenvalue weighted by Gasteiger charge is 2.13. The van der Waals surface area contributed by atoms with Crippen molar-refractivity contribution in [2.24, 2.45) is 0 Å². The Kier molecular flexibility index (Phi) is 6.12. The van der Waals surface area contributed by atoms with E-state index in [1.807, 2.05) is 13.8 Å². The molecule has 0 amide bonds. The number of ether oxygens (including phenoxy) is 1. The summed E-state index contributed by atoms with van der Waals surface area (Å²) in [6.07, 6.45) is -0.723. The number of nitrogens with one attached hydrogen (secondary N) is 1. The molecule has 0 bridgehead atoms. The maximum atomic E-state index is 11.7. The quantitative estimate of drug-likeness (QED) is 0.776. The smallest absolute Gasteiger partial charge is 0.339 e. The minimum absolute atomic E-state index is 0.0518. The van der Waals surface area contributed by atoms with Gasteiger partial charge in [-0.3, -0.25) is 0 Å². The normalized spacial score (nSPS) is 12.5. The van der Waals surface area contributed by atoms with Gasteiger partial charge in [-0.25, -0.2) is 4.79 Å². The second-order valence-electron chi connectivity index (χ2n) is 4.30. The number of aliphatic hydroxyl groups excluding tert-OH is 1. The van der Waals surface area contributed by atoms with Crippen molar-refractivity contribution in [1.29, 1.82) is 0 Å². The number of rotatable bonds is 6. The lowest BCUT2D eigenvalue weighted by molar-refractivity contribution is 0.0256. The summed E-state index contributed by atoms with van der Waals surface area (Å²) in [7, 11) is 0. The van der Waals surface area contributed by atoms with Crippen LogP contribution in [0.2, 0.25) is 5.02 Å². The summed E-state index contributed by atoms with van der Waals surface area (Å²) in [4.78, 5) is 11.7. The molecule has 0 saturated carbocycles. The summed E-state index contributed by atoms with van der Waals surface area (Å²) < 4.78 is 4.99. The number of esters is 1. The van der Waals surface area contributed by atoms with Crippen molar-refractivity contribution < 1.29 is 14.6 Å². The summed E-state index contributed by atoms with van der Waals surface area (Å²) in [5, 5.41) is 13.0. The number of hydrogen-bond donors (Lipinski definition) is 2. The van der Waals surface area contributed by atoms with Gasteiger partial charge in [-0.05, 0) is 12.1 Å². The monoisotopic (exact) mass is 271 g/mol. The van der Waals surface area contributed by atoms with E-state index in [1.54, 1.807) is 24.3 Å². The molecule has 4 nitrogen and oxygen atoms in total. The zero-order valence-corrected chi connectivity index (χ0v) is 11.3. The Hall–Kier alpha value is -1.10. The highest BCUT2D eigenvalue weighted by Crippen LogP contribution is 2.15. The fourth-order valence-corrected chi connectivity index (χ4v) is 1.52. The summed E-state index contributed by atoms with van der Waals surface area (Å²) in [5.74, 6) is -0.524. The molecule has 0 fully saturated rings. The lowest BCUT2D eigenvalue weighted by Gasteiger charge is -2.14. The van der Waals surface area contributed by atoms with Crippen LogP contribution in [0.15, 0.2) is 24.3 Å². The number of aliphatic hydroxyl groups is 1. The third-order valence-corrected chi connectivity index (χ3v) is 2.59. The van der Waals surface area contributed by atoms with Crippen LogP contribution in [-0.4, -0.2) is 36.4 Å². The molecule has 0 heterocycles. The second-order valence-corrected chi connectivity index (χ2v) is 4.70. The molecule has 0 unspecified atom stereocenters. The molecule has 5 heteroatoms. The van der Waals surface area contributed by atoms with Gasteiger partial charge in [-0.2, -0.15) is 0 Å². The van der Waals surface area contributed by atoms with Gasteiger partial charge in [0.1, 0.15) is 12.7 Å². The largest absolute Gasteiger partial charge is 0.459 e. The van der Waals surface area contributed by atoms with Crippen LogP contribution >= 0.6 is 11.6 Å². The van der Waals surface area contributed by atoms with E-state index in [0.29, 0.717) is 17.1 Å². The van der Waals surface area contributed by atoms with Gasteiger partial charge in [0.2, 0.25) is 0 Å². The van der Waals surface area contributed by atoms with Crippen molar-refractivity contribution >= 4 is 17.6 Å². The Morgan fingerprint density at radius 1 is 1.44 bits per heavy atom. The number of carbonyl (C=O) groups is 1. The van der Waals surface area contributed by atoms with Gasteiger partial charge < -0.3 is 15.2 Å². The van der Waals surface area contributed by atoms with E-state index in [9.17, 15) is 9.90 Å². The minimum atomic E-state index is -0.723. The van der Waals surface area contributed by atoms with Crippen LogP contribution in [0, 0.1) is 0 Å². The van der Waals surface area contributed by atoms with E-state index in [1.165, 1.54) is 0 Å². The van der Waals surface area contributed by atoms with Crippen LogP contribution < -0.4 is 5.32 Å². The van der Waals surface area contributed by atoms with Crippen LogP contribution in [-0.2, 0) is 4.74 Å². The average molecular weight is 272 g/mol.